The number of hydrogen-bond donors (Lipinski definition) is 1. The number of ether oxygens (including phenoxy) is 3. The fourth-order valence-electron chi connectivity index (χ4n) is 3.23. The predicted molar refractivity (Wildman–Crippen MR) is 103 cm³/mol. The summed E-state index contributed by atoms with van der Waals surface area (Å²) in [6.45, 7) is 3.80. The number of sulfonamides is 1. The highest BCUT2D eigenvalue weighted by atomic mass is 32.2. The lowest BCUT2D eigenvalue weighted by atomic mass is 9.90. The fourth-order valence-corrected chi connectivity index (χ4v) is 4.49. The van der Waals surface area contributed by atoms with Crippen LogP contribution < -0.4 is 14.2 Å². The third kappa shape index (κ3) is 4.13. The van der Waals surface area contributed by atoms with Crippen LogP contribution in [0.2, 0.25) is 0 Å². The molecule has 0 aliphatic carbocycles. The van der Waals surface area contributed by atoms with Crippen molar-refractivity contribution in [3.8, 4) is 11.5 Å². The summed E-state index contributed by atoms with van der Waals surface area (Å²) < 4.78 is 44.7. The van der Waals surface area contributed by atoms with Crippen molar-refractivity contribution in [2.24, 2.45) is 0 Å². The predicted octanol–water partition coefficient (Wildman–Crippen LogP) is 3.06. The molecule has 0 saturated carbocycles. The number of carbonyl (C=O) groups is 1. The normalized spacial score (nSPS) is 17.9. The van der Waals surface area contributed by atoms with E-state index in [1.165, 1.54) is 31.4 Å². The molecule has 7 nitrogen and oxygen atoms in total. The number of methoxy groups -OCH3 is 2. The Labute approximate surface area is 164 Å². The van der Waals surface area contributed by atoms with E-state index < -0.39 is 27.6 Å². The third-order valence-electron chi connectivity index (χ3n) is 4.54. The molecular formula is C20H23NO6S. The minimum atomic E-state index is -3.89. The Morgan fingerprint density at radius 1 is 1.18 bits per heavy atom. The second-order valence-electron chi connectivity index (χ2n) is 7.16. The van der Waals surface area contributed by atoms with Crippen molar-refractivity contribution in [2.45, 2.75) is 36.8 Å². The zero-order valence-corrected chi connectivity index (χ0v) is 17.0. The molecule has 2 aromatic carbocycles. The first-order chi connectivity index (χ1) is 13.1. The van der Waals surface area contributed by atoms with Gasteiger partial charge in [0.1, 0.15) is 17.1 Å². The molecule has 150 valence electrons. The summed E-state index contributed by atoms with van der Waals surface area (Å²) in [5.74, 6) is 0.617. The van der Waals surface area contributed by atoms with Crippen LogP contribution in [-0.2, 0) is 14.8 Å². The highest BCUT2D eigenvalue weighted by molar-refractivity contribution is 7.89. The van der Waals surface area contributed by atoms with Gasteiger partial charge >= 0.3 is 5.97 Å². The van der Waals surface area contributed by atoms with Crippen LogP contribution in [0.5, 0.6) is 11.5 Å². The van der Waals surface area contributed by atoms with Crippen LogP contribution in [-0.4, -0.2) is 34.2 Å². The Hall–Kier alpha value is -2.58. The largest absolute Gasteiger partial charge is 0.497 e. The van der Waals surface area contributed by atoms with Crippen LogP contribution in [0.1, 0.15) is 42.2 Å². The van der Waals surface area contributed by atoms with Crippen molar-refractivity contribution in [2.75, 3.05) is 14.2 Å². The number of hydrogen-bond acceptors (Lipinski definition) is 6. The van der Waals surface area contributed by atoms with Gasteiger partial charge in [-0.05, 0) is 50.2 Å². The van der Waals surface area contributed by atoms with Crippen LogP contribution in [0.15, 0.2) is 47.4 Å². The highest BCUT2D eigenvalue weighted by Gasteiger charge is 2.36. The molecule has 0 radical (unpaired) electrons. The van der Waals surface area contributed by atoms with E-state index in [1.54, 1.807) is 25.3 Å². The molecule has 1 aliphatic heterocycles. The van der Waals surface area contributed by atoms with Gasteiger partial charge in [0.25, 0.3) is 0 Å². The van der Waals surface area contributed by atoms with Gasteiger partial charge in [-0.15, -0.1) is 0 Å². The van der Waals surface area contributed by atoms with Crippen LogP contribution in [0, 0.1) is 0 Å². The minimum Gasteiger partial charge on any atom is -0.497 e. The smallest absolute Gasteiger partial charge is 0.337 e. The fraction of sp³-hybridized carbons (Fsp3) is 0.350. The maximum atomic E-state index is 13.0. The molecule has 0 aromatic heterocycles. The highest BCUT2D eigenvalue weighted by Crippen LogP contribution is 2.41. The lowest BCUT2D eigenvalue weighted by molar-refractivity contribution is 0.0600. The van der Waals surface area contributed by atoms with Gasteiger partial charge in [-0.1, -0.05) is 6.07 Å². The summed E-state index contributed by atoms with van der Waals surface area (Å²) in [5, 5.41) is 0. The summed E-state index contributed by atoms with van der Waals surface area (Å²) in [4.78, 5) is 11.7. The van der Waals surface area contributed by atoms with E-state index in [4.69, 9.17) is 9.47 Å². The number of carbonyl (C=O) groups excluding carboxylic acids is 1. The molecule has 2 aromatic rings. The minimum absolute atomic E-state index is 0.0101. The second-order valence-corrected chi connectivity index (χ2v) is 8.88. The zero-order valence-electron chi connectivity index (χ0n) is 16.2. The lowest BCUT2D eigenvalue weighted by Gasteiger charge is -2.37. The standard InChI is InChI=1S/C20H23NO6S/c1-20(2)12-17(16-11-14(25-3)8-9-18(16)27-20)21-28(23,24)15-7-5-6-13(10-15)19(22)26-4/h5-11,17,21H,12H2,1-4H3/t17-/m1/s1. The molecule has 1 N–H and O–H groups in total. The number of benzene rings is 2. The Kier molecular flexibility index (Phi) is 5.36. The van der Waals surface area contributed by atoms with Crippen LogP contribution in [0.25, 0.3) is 0 Å². The molecule has 0 unspecified atom stereocenters. The molecule has 28 heavy (non-hydrogen) atoms. The van der Waals surface area contributed by atoms with Gasteiger partial charge in [0.15, 0.2) is 0 Å². The van der Waals surface area contributed by atoms with E-state index in [9.17, 15) is 13.2 Å². The van der Waals surface area contributed by atoms with E-state index in [0.717, 1.165) is 0 Å². The summed E-state index contributed by atoms with van der Waals surface area (Å²) in [6, 6.07) is 10.5. The van der Waals surface area contributed by atoms with Crippen LogP contribution in [0.4, 0.5) is 0 Å². The molecule has 0 amide bonds. The number of fused-ring (bicyclic) bond motifs is 1. The van der Waals surface area contributed by atoms with E-state index in [2.05, 4.69) is 9.46 Å². The van der Waals surface area contributed by atoms with Crippen molar-refractivity contribution in [1.82, 2.24) is 4.72 Å². The quantitative estimate of drug-likeness (QED) is 0.769. The average molecular weight is 405 g/mol. The van der Waals surface area contributed by atoms with Gasteiger partial charge in [0.2, 0.25) is 10.0 Å². The topological polar surface area (TPSA) is 90.9 Å². The van der Waals surface area contributed by atoms with Crippen molar-refractivity contribution in [1.29, 1.82) is 0 Å². The van der Waals surface area contributed by atoms with Crippen LogP contribution in [0.3, 0.4) is 0 Å². The molecule has 8 heteroatoms. The first-order valence-corrected chi connectivity index (χ1v) is 10.2. The van der Waals surface area contributed by atoms with Gasteiger partial charge in [0.05, 0.1) is 30.7 Å². The summed E-state index contributed by atoms with van der Waals surface area (Å²) in [7, 11) is -1.10. The summed E-state index contributed by atoms with van der Waals surface area (Å²) in [6.07, 6.45) is 0.434. The van der Waals surface area contributed by atoms with Gasteiger partial charge in [-0.2, -0.15) is 0 Å². The molecule has 0 fully saturated rings. The van der Waals surface area contributed by atoms with Gasteiger partial charge < -0.3 is 14.2 Å². The van der Waals surface area contributed by atoms with Crippen molar-refractivity contribution in [3.63, 3.8) is 0 Å². The maximum Gasteiger partial charge on any atom is 0.337 e. The van der Waals surface area contributed by atoms with Gasteiger partial charge in [-0.25, -0.2) is 17.9 Å². The van der Waals surface area contributed by atoms with Gasteiger partial charge in [-0.3, -0.25) is 0 Å². The number of esters is 1. The molecule has 0 spiro atoms. The Morgan fingerprint density at radius 2 is 1.93 bits per heavy atom. The molecule has 1 aliphatic rings. The molecule has 1 atom stereocenters. The summed E-state index contributed by atoms with van der Waals surface area (Å²) >= 11 is 0. The van der Waals surface area contributed by atoms with Gasteiger partial charge in [0, 0.05) is 12.0 Å². The maximum absolute atomic E-state index is 13.0. The first-order valence-electron chi connectivity index (χ1n) is 8.73. The SMILES string of the molecule is COC(=O)c1cccc(S(=O)(=O)N[C@@H]2CC(C)(C)Oc3ccc(OC)cc32)c1. The van der Waals surface area contributed by atoms with E-state index >= 15 is 0 Å². The molecular weight excluding hydrogens is 382 g/mol. The first kappa shape index (κ1) is 20.2. The monoisotopic (exact) mass is 405 g/mol. The summed E-state index contributed by atoms with van der Waals surface area (Å²) in [5.41, 5.74) is 0.314. The second kappa shape index (κ2) is 7.44. The average Bonchev–Trinajstić information content (AvgIpc) is 2.66. The van der Waals surface area contributed by atoms with Crippen molar-refractivity contribution >= 4 is 16.0 Å². The molecule has 0 saturated heterocycles. The van der Waals surface area contributed by atoms with Crippen molar-refractivity contribution < 1.29 is 27.4 Å². The Morgan fingerprint density at radius 3 is 2.61 bits per heavy atom. The van der Waals surface area contributed by atoms with Crippen molar-refractivity contribution in [3.05, 3.63) is 53.6 Å². The molecule has 0 bridgehead atoms. The van der Waals surface area contributed by atoms with E-state index in [0.29, 0.717) is 23.5 Å². The number of nitrogens with one attached hydrogen (secondary N) is 1. The lowest BCUT2D eigenvalue weighted by Crippen LogP contribution is -2.41. The van der Waals surface area contributed by atoms with Crippen LogP contribution >= 0.6 is 0 Å². The zero-order chi connectivity index (χ0) is 20.5. The third-order valence-corrected chi connectivity index (χ3v) is 6.01. The Balaban J connectivity index is 1.97. The number of rotatable bonds is 5. The van der Waals surface area contributed by atoms with E-state index in [-0.39, 0.29) is 10.5 Å². The van der Waals surface area contributed by atoms with E-state index in [1.807, 2.05) is 13.8 Å². The molecule has 1 heterocycles. The Bertz CT molecular complexity index is 1000. The molecule has 3 rings (SSSR count).